The van der Waals surface area contributed by atoms with Crippen LogP contribution in [0, 0.1) is 5.82 Å². The summed E-state index contributed by atoms with van der Waals surface area (Å²) in [5, 5.41) is 15.7. The molecule has 0 fully saturated rings. The third-order valence-corrected chi connectivity index (χ3v) is 6.77. The minimum absolute atomic E-state index is 0.00287. The van der Waals surface area contributed by atoms with Crippen LogP contribution < -0.4 is 10.6 Å². The molecule has 3 rings (SSSR count). The number of thiophene rings is 1. The van der Waals surface area contributed by atoms with Gasteiger partial charge in [0.1, 0.15) is 5.82 Å². The molecule has 3 aromatic rings. The zero-order valence-electron chi connectivity index (χ0n) is 15.6. The molecule has 4 N–H and O–H groups in total. The third kappa shape index (κ3) is 5.05. The molecule has 0 aliphatic heterocycles. The van der Waals surface area contributed by atoms with Gasteiger partial charge in [0.05, 0.1) is 9.92 Å². The highest BCUT2D eigenvalue weighted by Gasteiger charge is 2.18. The summed E-state index contributed by atoms with van der Waals surface area (Å²) in [6.45, 7) is 0. The van der Waals surface area contributed by atoms with Gasteiger partial charge in [0, 0.05) is 22.4 Å². The Balaban J connectivity index is 2.04. The van der Waals surface area contributed by atoms with Gasteiger partial charge in [-0.05, 0) is 53.6 Å². The molecule has 1 aromatic heterocycles. The minimum Gasteiger partial charge on any atom is -0.289 e. The molecule has 0 atom stereocenters. The predicted molar refractivity (Wildman–Crippen MR) is 114 cm³/mol. The quantitative estimate of drug-likeness (QED) is 0.353. The second kappa shape index (κ2) is 9.23. The van der Waals surface area contributed by atoms with Crippen LogP contribution in [-0.2, 0) is 21.2 Å². The summed E-state index contributed by atoms with van der Waals surface area (Å²) in [6.07, 6.45) is 1.20. The monoisotopic (exact) mass is 468 g/mol. The maximum absolute atomic E-state index is 13.7. The first kappa shape index (κ1) is 22.4. The molecule has 0 saturated heterocycles. The van der Waals surface area contributed by atoms with Crippen LogP contribution in [0.15, 0.2) is 52.7 Å². The van der Waals surface area contributed by atoms with E-state index in [1.165, 1.54) is 35.6 Å². The number of nitrogens with two attached hydrogens (primary N) is 1. The summed E-state index contributed by atoms with van der Waals surface area (Å²) in [4.78, 5) is 12.3. The normalized spacial score (nSPS) is 11.5. The maximum Gasteiger partial charge on any atom is 0.243 e. The third-order valence-electron chi connectivity index (χ3n) is 4.50. The molecule has 0 aliphatic rings. The topological polar surface area (TPSA) is 109 Å². The molecule has 0 saturated carbocycles. The Bertz CT molecular complexity index is 1180. The summed E-state index contributed by atoms with van der Waals surface area (Å²) >= 11 is 7.46. The number of nitrogens with one attached hydrogen (secondary N) is 1. The van der Waals surface area contributed by atoms with E-state index in [9.17, 15) is 17.6 Å². The SMILES string of the molecule is NS(=O)(=O)c1ccc(-c2csc(CCCC(=O)NO)c2-c2ccc(F)c(Cl)c2)cc1. The van der Waals surface area contributed by atoms with Gasteiger partial charge in [-0.1, -0.05) is 29.8 Å². The molecule has 1 amide bonds. The number of primary sulfonamides is 1. The average Bonchev–Trinajstić information content (AvgIpc) is 3.13. The highest BCUT2D eigenvalue weighted by molar-refractivity contribution is 7.89. The molecular formula is C20H18ClFN2O4S2. The van der Waals surface area contributed by atoms with Crippen LogP contribution >= 0.6 is 22.9 Å². The lowest BCUT2D eigenvalue weighted by molar-refractivity contribution is -0.129. The van der Waals surface area contributed by atoms with Gasteiger partial charge in [-0.25, -0.2) is 23.4 Å². The standard InChI is InChI=1S/C20H18ClFN2O4S2/c21-16-10-13(6-9-17(16)22)20-15(11-29-18(20)2-1-3-19(25)24-26)12-4-7-14(8-5-12)30(23,27)28/h4-11,26H,1-3H2,(H,24,25)(H2,23,27,28). The van der Waals surface area contributed by atoms with Gasteiger partial charge in [0.25, 0.3) is 0 Å². The summed E-state index contributed by atoms with van der Waals surface area (Å²) < 4.78 is 36.7. The van der Waals surface area contributed by atoms with E-state index in [1.807, 2.05) is 5.38 Å². The zero-order valence-corrected chi connectivity index (χ0v) is 18.0. The van der Waals surface area contributed by atoms with Crippen LogP contribution in [0.4, 0.5) is 4.39 Å². The molecule has 0 radical (unpaired) electrons. The number of hydrogen-bond donors (Lipinski definition) is 3. The number of amides is 1. The van der Waals surface area contributed by atoms with Gasteiger partial charge in [-0.15, -0.1) is 11.3 Å². The van der Waals surface area contributed by atoms with E-state index in [2.05, 4.69) is 0 Å². The summed E-state index contributed by atoms with van der Waals surface area (Å²) in [7, 11) is -3.81. The van der Waals surface area contributed by atoms with Crippen molar-refractivity contribution in [1.82, 2.24) is 5.48 Å². The zero-order chi connectivity index (χ0) is 21.9. The fraction of sp³-hybridized carbons (Fsp3) is 0.150. The molecule has 0 spiro atoms. The number of rotatable bonds is 7. The Morgan fingerprint density at radius 3 is 2.43 bits per heavy atom. The highest BCUT2D eigenvalue weighted by Crippen LogP contribution is 2.41. The number of hydrogen-bond acceptors (Lipinski definition) is 5. The first-order valence-corrected chi connectivity index (χ1v) is 11.6. The molecule has 158 valence electrons. The highest BCUT2D eigenvalue weighted by atomic mass is 35.5. The van der Waals surface area contributed by atoms with Crippen LogP contribution in [0.5, 0.6) is 0 Å². The van der Waals surface area contributed by atoms with E-state index >= 15 is 0 Å². The Kier molecular flexibility index (Phi) is 6.89. The largest absolute Gasteiger partial charge is 0.289 e. The van der Waals surface area contributed by atoms with Crippen molar-refractivity contribution in [2.24, 2.45) is 5.14 Å². The second-order valence-corrected chi connectivity index (χ2v) is 9.47. The lowest BCUT2D eigenvalue weighted by Crippen LogP contribution is -2.18. The van der Waals surface area contributed by atoms with Crippen molar-refractivity contribution in [2.45, 2.75) is 24.2 Å². The summed E-state index contributed by atoms with van der Waals surface area (Å²) in [5.41, 5.74) is 4.72. The molecule has 2 aromatic carbocycles. The van der Waals surface area contributed by atoms with Crippen molar-refractivity contribution in [3.05, 3.63) is 63.6 Å². The Labute approximate surface area is 182 Å². The van der Waals surface area contributed by atoms with Crippen LogP contribution in [-0.4, -0.2) is 19.5 Å². The Morgan fingerprint density at radius 2 is 1.83 bits per heavy atom. The Hall–Kier alpha value is -2.30. The molecule has 0 unspecified atom stereocenters. The summed E-state index contributed by atoms with van der Waals surface area (Å²) in [6, 6.07) is 10.6. The van der Waals surface area contributed by atoms with E-state index in [0.717, 1.165) is 21.6 Å². The van der Waals surface area contributed by atoms with Crippen molar-refractivity contribution in [3.8, 4) is 22.3 Å². The number of hydroxylamine groups is 1. The molecule has 0 aliphatic carbocycles. The Morgan fingerprint density at radius 1 is 1.17 bits per heavy atom. The first-order valence-electron chi connectivity index (χ1n) is 8.82. The molecule has 6 nitrogen and oxygen atoms in total. The molecule has 0 bridgehead atoms. The van der Waals surface area contributed by atoms with Crippen molar-refractivity contribution in [3.63, 3.8) is 0 Å². The van der Waals surface area contributed by atoms with Gasteiger partial charge >= 0.3 is 0 Å². The van der Waals surface area contributed by atoms with Crippen LogP contribution in [0.2, 0.25) is 5.02 Å². The van der Waals surface area contributed by atoms with Gasteiger partial charge < -0.3 is 0 Å². The first-order chi connectivity index (χ1) is 14.2. The van der Waals surface area contributed by atoms with Crippen molar-refractivity contribution < 1.29 is 22.8 Å². The lowest BCUT2D eigenvalue weighted by Gasteiger charge is -2.10. The molecule has 1 heterocycles. The number of benzene rings is 2. The van der Waals surface area contributed by atoms with Crippen molar-refractivity contribution in [2.75, 3.05) is 0 Å². The molecule has 10 heteroatoms. The number of aryl methyl sites for hydroxylation is 1. The van der Waals surface area contributed by atoms with Gasteiger partial charge in [0.2, 0.25) is 15.9 Å². The smallest absolute Gasteiger partial charge is 0.243 e. The van der Waals surface area contributed by atoms with Crippen molar-refractivity contribution in [1.29, 1.82) is 0 Å². The number of carbonyl (C=O) groups is 1. The van der Waals surface area contributed by atoms with E-state index in [4.69, 9.17) is 21.9 Å². The van der Waals surface area contributed by atoms with Gasteiger partial charge in [-0.3, -0.25) is 10.0 Å². The van der Waals surface area contributed by atoms with Gasteiger partial charge in [-0.2, -0.15) is 0 Å². The lowest BCUT2D eigenvalue weighted by atomic mass is 9.95. The predicted octanol–water partition coefficient (Wildman–Crippen LogP) is 4.35. The minimum atomic E-state index is -3.81. The van der Waals surface area contributed by atoms with E-state index in [1.54, 1.807) is 23.7 Å². The number of halogens is 2. The fourth-order valence-electron chi connectivity index (χ4n) is 3.05. The maximum atomic E-state index is 13.7. The second-order valence-electron chi connectivity index (χ2n) is 6.53. The fourth-order valence-corrected chi connectivity index (χ4v) is 4.87. The van der Waals surface area contributed by atoms with E-state index < -0.39 is 21.7 Å². The van der Waals surface area contributed by atoms with E-state index in [0.29, 0.717) is 18.4 Å². The van der Waals surface area contributed by atoms with Gasteiger partial charge in [0.15, 0.2) is 0 Å². The molecular weight excluding hydrogens is 451 g/mol. The van der Waals surface area contributed by atoms with Crippen molar-refractivity contribution >= 4 is 38.9 Å². The number of sulfonamides is 1. The van der Waals surface area contributed by atoms with Crippen LogP contribution in [0.1, 0.15) is 17.7 Å². The van der Waals surface area contributed by atoms with E-state index in [-0.39, 0.29) is 16.3 Å². The number of carbonyl (C=O) groups excluding carboxylic acids is 1. The van der Waals surface area contributed by atoms with Crippen LogP contribution in [0.3, 0.4) is 0 Å². The average molecular weight is 469 g/mol. The molecule has 30 heavy (non-hydrogen) atoms. The van der Waals surface area contributed by atoms with Crippen LogP contribution in [0.25, 0.3) is 22.3 Å². The summed E-state index contributed by atoms with van der Waals surface area (Å²) in [5.74, 6) is -1.01.